The van der Waals surface area contributed by atoms with E-state index >= 15 is 0 Å². The van der Waals surface area contributed by atoms with E-state index in [-0.39, 0.29) is 0 Å². The number of nitrogens with zero attached hydrogens (tertiary/aromatic N) is 4. The molecule has 33 heavy (non-hydrogen) atoms. The summed E-state index contributed by atoms with van der Waals surface area (Å²) >= 11 is 14.3. The summed E-state index contributed by atoms with van der Waals surface area (Å²) in [5.41, 5.74) is 4.03. The van der Waals surface area contributed by atoms with E-state index in [1.165, 1.54) is 12.8 Å². The van der Waals surface area contributed by atoms with Gasteiger partial charge in [-0.25, -0.2) is 4.98 Å². The molecule has 5 nitrogen and oxygen atoms in total. The Bertz CT molecular complexity index is 1190. The van der Waals surface area contributed by atoms with Crippen LogP contribution >= 0.6 is 45.8 Å². The van der Waals surface area contributed by atoms with Crippen molar-refractivity contribution >= 4 is 51.5 Å². The molecule has 0 saturated heterocycles. The van der Waals surface area contributed by atoms with Crippen molar-refractivity contribution in [3.05, 3.63) is 78.9 Å². The molecule has 0 aliphatic heterocycles. The van der Waals surface area contributed by atoms with Crippen molar-refractivity contribution in [2.24, 2.45) is 0 Å². The number of halogens is 3. The topological polar surface area (TPSA) is 77.4 Å². The molecule has 0 radical (unpaired) electrons. The lowest BCUT2D eigenvalue weighted by Gasteiger charge is -2.31. The smallest absolute Gasteiger partial charge is 0.101 e. The quantitative estimate of drug-likeness (QED) is 0.321. The number of aromatic nitrogens is 2. The third-order valence-electron chi connectivity index (χ3n) is 5.90. The fourth-order valence-corrected chi connectivity index (χ4v) is 4.97. The van der Waals surface area contributed by atoms with Crippen LogP contribution in [0, 0.1) is 40.1 Å². The Kier molecular flexibility index (Phi) is 9.02. The van der Waals surface area contributed by atoms with E-state index in [9.17, 15) is 0 Å². The normalized spacial score (nSPS) is 17.3. The summed E-state index contributed by atoms with van der Waals surface area (Å²) in [7, 11) is 0. The van der Waals surface area contributed by atoms with E-state index in [1.54, 1.807) is 12.1 Å². The minimum atomic E-state index is 0.420. The Morgan fingerprint density at radius 1 is 1.03 bits per heavy atom. The number of imidazole rings is 1. The van der Waals surface area contributed by atoms with Crippen LogP contribution in [0.2, 0.25) is 10.0 Å². The van der Waals surface area contributed by atoms with Gasteiger partial charge < -0.3 is 9.88 Å². The van der Waals surface area contributed by atoms with Crippen molar-refractivity contribution in [2.45, 2.75) is 51.6 Å². The molecule has 1 aliphatic carbocycles. The van der Waals surface area contributed by atoms with E-state index in [0.29, 0.717) is 33.3 Å². The molecule has 170 valence electrons. The first-order chi connectivity index (χ1) is 15.8. The maximum Gasteiger partial charge on any atom is 0.101 e. The summed E-state index contributed by atoms with van der Waals surface area (Å²) in [4.78, 5) is 4.15. The number of nitrogens with one attached hydrogen (secondary N) is 1. The summed E-state index contributed by atoms with van der Waals surface area (Å²) in [6.07, 6.45) is 10.4. The average molecular weight is 592 g/mol. The molecule has 2 aromatic carbocycles. The van der Waals surface area contributed by atoms with Gasteiger partial charge in [0, 0.05) is 33.7 Å². The summed E-state index contributed by atoms with van der Waals surface area (Å²) in [6.45, 7) is 3.87. The molecule has 4 rings (SSSR count). The summed E-state index contributed by atoms with van der Waals surface area (Å²) in [5, 5.41) is 22.4. The maximum absolute atomic E-state index is 9.03. The Morgan fingerprint density at radius 2 is 1.70 bits per heavy atom. The van der Waals surface area contributed by atoms with E-state index in [2.05, 4.69) is 43.5 Å². The van der Waals surface area contributed by atoms with Gasteiger partial charge in [-0.15, -0.1) is 0 Å². The standard InChI is InChI=1S/C17H19ClN4.C8H5ClIN/c1-12-16(6-5-13(10-19)17(12)18)21-14-3-2-4-15(9-14)22-8-7-20-11-22;1-5-7(10)3-2-6(4-11)8(5)9/h5-8,11,14-15,21H,2-4,9H2,1H3;2-3H,1H3. The zero-order valence-corrected chi connectivity index (χ0v) is 22.1. The molecule has 1 heterocycles. The lowest BCUT2D eigenvalue weighted by molar-refractivity contribution is 0.331. The van der Waals surface area contributed by atoms with Crippen molar-refractivity contribution < 1.29 is 0 Å². The third-order valence-corrected chi connectivity index (χ3v) is 8.04. The van der Waals surface area contributed by atoms with Gasteiger partial charge in [0.1, 0.15) is 12.1 Å². The third kappa shape index (κ3) is 6.20. The second-order valence-corrected chi connectivity index (χ2v) is 9.95. The number of nitriles is 2. The molecule has 1 saturated carbocycles. The zero-order valence-electron chi connectivity index (χ0n) is 18.4. The molecule has 0 amide bonds. The van der Waals surface area contributed by atoms with Crippen LogP contribution in [0.25, 0.3) is 0 Å². The van der Waals surface area contributed by atoms with Crippen molar-refractivity contribution in [1.29, 1.82) is 10.5 Å². The molecule has 1 aliphatic rings. The highest BCUT2D eigenvalue weighted by Crippen LogP contribution is 2.33. The second-order valence-electron chi connectivity index (χ2n) is 8.03. The molecule has 2 unspecified atom stereocenters. The van der Waals surface area contributed by atoms with Crippen molar-refractivity contribution in [3.63, 3.8) is 0 Å². The van der Waals surface area contributed by atoms with Crippen LogP contribution in [0.5, 0.6) is 0 Å². The highest BCUT2D eigenvalue weighted by atomic mass is 127. The van der Waals surface area contributed by atoms with Crippen LogP contribution in [0.1, 0.15) is 54.0 Å². The van der Waals surface area contributed by atoms with Gasteiger partial charge in [-0.3, -0.25) is 0 Å². The van der Waals surface area contributed by atoms with Gasteiger partial charge >= 0.3 is 0 Å². The Morgan fingerprint density at radius 3 is 2.33 bits per heavy atom. The predicted molar refractivity (Wildman–Crippen MR) is 142 cm³/mol. The number of benzene rings is 2. The molecule has 0 spiro atoms. The number of anilines is 1. The molecule has 3 aromatic rings. The van der Waals surface area contributed by atoms with Crippen LogP contribution < -0.4 is 5.32 Å². The number of hydrogen-bond acceptors (Lipinski definition) is 4. The molecular weight excluding hydrogens is 568 g/mol. The molecule has 1 N–H and O–H groups in total. The minimum absolute atomic E-state index is 0.420. The van der Waals surface area contributed by atoms with Gasteiger partial charge in [0.15, 0.2) is 0 Å². The van der Waals surface area contributed by atoms with Crippen molar-refractivity contribution in [1.82, 2.24) is 9.55 Å². The highest BCUT2D eigenvalue weighted by molar-refractivity contribution is 14.1. The number of hydrogen-bond donors (Lipinski definition) is 1. The van der Waals surface area contributed by atoms with Gasteiger partial charge in [-0.2, -0.15) is 10.5 Å². The minimum Gasteiger partial charge on any atom is -0.382 e. The fraction of sp³-hybridized carbons (Fsp3) is 0.320. The first-order valence-electron chi connectivity index (χ1n) is 10.6. The molecule has 1 fully saturated rings. The van der Waals surface area contributed by atoms with Crippen LogP contribution in [0.3, 0.4) is 0 Å². The highest BCUT2D eigenvalue weighted by Gasteiger charge is 2.23. The van der Waals surface area contributed by atoms with Gasteiger partial charge in [-0.1, -0.05) is 23.2 Å². The average Bonchev–Trinajstić information content (AvgIpc) is 3.37. The van der Waals surface area contributed by atoms with Gasteiger partial charge in [0.05, 0.1) is 27.5 Å². The largest absolute Gasteiger partial charge is 0.382 e. The fourth-order valence-electron chi connectivity index (χ4n) is 3.95. The molecule has 8 heteroatoms. The van der Waals surface area contributed by atoms with E-state index in [1.807, 2.05) is 50.8 Å². The predicted octanol–water partition coefficient (Wildman–Crippen LogP) is 7.44. The molecule has 0 bridgehead atoms. The lowest BCUT2D eigenvalue weighted by Crippen LogP contribution is -2.28. The van der Waals surface area contributed by atoms with Gasteiger partial charge in [0.25, 0.3) is 0 Å². The number of rotatable bonds is 3. The molecular formula is C25H24Cl2IN5. The van der Waals surface area contributed by atoms with Gasteiger partial charge in [0.2, 0.25) is 0 Å². The van der Waals surface area contributed by atoms with Crippen molar-refractivity contribution in [3.8, 4) is 12.1 Å². The van der Waals surface area contributed by atoms with E-state index in [0.717, 1.165) is 33.2 Å². The first-order valence-corrected chi connectivity index (χ1v) is 12.5. The van der Waals surface area contributed by atoms with Crippen LogP contribution in [-0.4, -0.2) is 15.6 Å². The zero-order chi connectivity index (χ0) is 24.0. The summed E-state index contributed by atoms with van der Waals surface area (Å²) in [6, 6.07) is 12.4. The molecule has 1 aromatic heterocycles. The van der Waals surface area contributed by atoms with Crippen LogP contribution in [0.4, 0.5) is 5.69 Å². The first kappa shape index (κ1) is 25.4. The Labute approximate surface area is 218 Å². The van der Waals surface area contributed by atoms with Crippen LogP contribution in [0.15, 0.2) is 43.0 Å². The van der Waals surface area contributed by atoms with E-state index in [4.69, 9.17) is 33.7 Å². The van der Waals surface area contributed by atoms with Gasteiger partial charge in [-0.05, 0) is 97.5 Å². The monoisotopic (exact) mass is 591 g/mol. The molecule has 2 atom stereocenters. The summed E-state index contributed by atoms with van der Waals surface area (Å²) < 4.78 is 3.29. The Balaban J connectivity index is 0.000000235. The maximum atomic E-state index is 9.03. The SMILES string of the molecule is Cc1c(I)ccc(C#N)c1Cl.Cc1c(NC2CCCC(n3ccnc3)C2)ccc(C#N)c1Cl. The lowest BCUT2D eigenvalue weighted by atomic mass is 9.90. The van der Waals surface area contributed by atoms with Crippen LogP contribution in [-0.2, 0) is 0 Å². The summed E-state index contributed by atoms with van der Waals surface area (Å²) in [5.74, 6) is 0. The van der Waals surface area contributed by atoms with Crippen molar-refractivity contribution in [2.75, 3.05) is 5.32 Å². The Hall–Kier alpha value is -2.26. The van der Waals surface area contributed by atoms with E-state index < -0.39 is 0 Å². The second kappa shape index (κ2) is 11.7.